The monoisotopic (exact) mass is 239 g/mol. The second-order valence-electron chi connectivity index (χ2n) is 4.51. The molecule has 0 spiro atoms. The smallest absolute Gasteiger partial charge is 0.339 e. The molecule has 1 aromatic heterocycles. The molecule has 1 saturated heterocycles. The zero-order valence-corrected chi connectivity index (χ0v) is 10.0. The lowest BCUT2D eigenvalue weighted by Crippen LogP contribution is -2.44. The van der Waals surface area contributed by atoms with Crippen molar-refractivity contribution in [2.24, 2.45) is 0 Å². The Morgan fingerprint density at radius 2 is 2.12 bits per heavy atom. The van der Waals surface area contributed by atoms with Crippen molar-refractivity contribution in [1.82, 2.24) is 4.90 Å². The number of nitrogens with zero attached hydrogens (tertiary/aromatic N) is 1. The average molecular weight is 239 g/mol. The average Bonchev–Trinajstić information content (AvgIpc) is 2.63. The zero-order chi connectivity index (χ0) is 12.4. The standard InChI is InChI=1S/C12H17NO4/c1-8-5-13(6-9(2)17-8)7-11-10(12(14)15)3-4-16-11/h3-4,8-9H,5-7H2,1-2H3,(H,14,15). The minimum atomic E-state index is -0.942. The Bertz CT molecular complexity index is 391. The minimum absolute atomic E-state index is 0.169. The number of hydrogen-bond acceptors (Lipinski definition) is 4. The molecule has 0 aliphatic carbocycles. The third-order valence-electron chi connectivity index (χ3n) is 2.84. The van der Waals surface area contributed by atoms with Crippen LogP contribution in [0.25, 0.3) is 0 Å². The summed E-state index contributed by atoms with van der Waals surface area (Å²) < 4.78 is 10.9. The van der Waals surface area contributed by atoms with Crippen LogP contribution in [0.3, 0.4) is 0 Å². The number of rotatable bonds is 3. The fourth-order valence-corrected chi connectivity index (χ4v) is 2.27. The maximum atomic E-state index is 10.9. The van der Waals surface area contributed by atoms with Gasteiger partial charge in [-0.25, -0.2) is 4.79 Å². The van der Waals surface area contributed by atoms with Gasteiger partial charge in [0.1, 0.15) is 11.3 Å². The number of furan rings is 1. The molecule has 1 aromatic rings. The van der Waals surface area contributed by atoms with E-state index >= 15 is 0 Å². The van der Waals surface area contributed by atoms with Gasteiger partial charge in [0.25, 0.3) is 0 Å². The van der Waals surface area contributed by atoms with Crippen molar-refractivity contribution in [2.45, 2.75) is 32.6 Å². The number of carboxylic acids is 1. The third kappa shape index (κ3) is 2.87. The van der Waals surface area contributed by atoms with Crippen LogP contribution in [0, 0.1) is 0 Å². The highest BCUT2D eigenvalue weighted by Gasteiger charge is 2.24. The van der Waals surface area contributed by atoms with Crippen LogP contribution < -0.4 is 0 Å². The molecule has 0 radical (unpaired) electrons. The predicted octanol–water partition coefficient (Wildman–Crippen LogP) is 1.59. The van der Waals surface area contributed by atoms with Crippen molar-refractivity contribution in [3.8, 4) is 0 Å². The van der Waals surface area contributed by atoms with Crippen molar-refractivity contribution >= 4 is 5.97 Å². The molecule has 2 unspecified atom stereocenters. The molecule has 0 bridgehead atoms. The molecule has 0 saturated carbocycles. The van der Waals surface area contributed by atoms with Crippen LogP contribution in [0.2, 0.25) is 0 Å². The summed E-state index contributed by atoms with van der Waals surface area (Å²) in [6.07, 6.45) is 1.76. The van der Waals surface area contributed by atoms with E-state index in [2.05, 4.69) is 4.90 Å². The van der Waals surface area contributed by atoms with Crippen molar-refractivity contribution in [2.75, 3.05) is 13.1 Å². The summed E-state index contributed by atoms with van der Waals surface area (Å²) in [6.45, 7) is 6.15. The number of hydrogen-bond donors (Lipinski definition) is 1. The van der Waals surface area contributed by atoms with E-state index < -0.39 is 5.97 Å². The van der Waals surface area contributed by atoms with Gasteiger partial charge >= 0.3 is 5.97 Å². The molecule has 1 aliphatic heterocycles. The van der Waals surface area contributed by atoms with Crippen LogP contribution >= 0.6 is 0 Å². The number of carboxylic acid groups (broad SMARTS) is 1. The molecular formula is C12H17NO4. The summed E-state index contributed by atoms with van der Waals surface area (Å²) in [6, 6.07) is 1.49. The van der Waals surface area contributed by atoms with Gasteiger partial charge < -0.3 is 14.3 Å². The summed E-state index contributed by atoms with van der Waals surface area (Å²) >= 11 is 0. The summed E-state index contributed by atoms with van der Waals surface area (Å²) in [5, 5.41) is 8.98. The molecule has 2 heterocycles. The van der Waals surface area contributed by atoms with E-state index in [1.807, 2.05) is 13.8 Å². The molecule has 5 nitrogen and oxygen atoms in total. The predicted molar refractivity (Wildman–Crippen MR) is 61.0 cm³/mol. The van der Waals surface area contributed by atoms with E-state index in [-0.39, 0.29) is 17.8 Å². The first kappa shape index (κ1) is 12.1. The lowest BCUT2D eigenvalue weighted by Gasteiger charge is -2.34. The van der Waals surface area contributed by atoms with Gasteiger partial charge in [0.15, 0.2) is 0 Å². The van der Waals surface area contributed by atoms with E-state index in [1.54, 1.807) is 0 Å². The maximum absolute atomic E-state index is 10.9. The molecule has 5 heteroatoms. The van der Waals surface area contributed by atoms with Gasteiger partial charge in [0.05, 0.1) is 25.0 Å². The summed E-state index contributed by atoms with van der Waals surface area (Å²) in [7, 11) is 0. The molecule has 0 amide bonds. The molecule has 2 rings (SSSR count). The van der Waals surface area contributed by atoms with Crippen molar-refractivity contribution in [3.05, 3.63) is 23.7 Å². The summed E-state index contributed by atoms with van der Waals surface area (Å²) in [5.41, 5.74) is 0.247. The van der Waals surface area contributed by atoms with E-state index in [1.165, 1.54) is 12.3 Å². The molecule has 1 aliphatic rings. The Labute approximate surface area is 100.0 Å². The maximum Gasteiger partial charge on any atom is 0.339 e. The highest BCUT2D eigenvalue weighted by molar-refractivity contribution is 5.88. The van der Waals surface area contributed by atoms with Gasteiger partial charge in [0.2, 0.25) is 0 Å². The number of carbonyl (C=O) groups is 1. The topological polar surface area (TPSA) is 62.9 Å². The highest BCUT2D eigenvalue weighted by atomic mass is 16.5. The van der Waals surface area contributed by atoms with Gasteiger partial charge in [-0.15, -0.1) is 0 Å². The first-order valence-corrected chi connectivity index (χ1v) is 5.73. The molecule has 94 valence electrons. The number of aromatic carboxylic acids is 1. The molecule has 1 N–H and O–H groups in total. The van der Waals surface area contributed by atoms with Crippen LogP contribution in [0.1, 0.15) is 30.0 Å². The summed E-state index contributed by atoms with van der Waals surface area (Å²) in [4.78, 5) is 13.1. The van der Waals surface area contributed by atoms with Crippen molar-refractivity contribution in [3.63, 3.8) is 0 Å². The molecule has 0 aromatic carbocycles. The van der Waals surface area contributed by atoms with Gasteiger partial charge in [-0.2, -0.15) is 0 Å². The highest BCUT2D eigenvalue weighted by Crippen LogP contribution is 2.17. The summed E-state index contributed by atoms with van der Waals surface area (Å²) in [5.74, 6) is -0.429. The second kappa shape index (κ2) is 4.89. The Hall–Kier alpha value is -1.33. The Morgan fingerprint density at radius 1 is 1.47 bits per heavy atom. The fourth-order valence-electron chi connectivity index (χ4n) is 2.27. The van der Waals surface area contributed by atoms with E-state index in [9.17, 15) is 4.79 Å². The third-order valence-corrected chi connectivity index (χ3v) is 2.84. The SMILES string of the molecule is CC1CN(Cc2occc2C(=O)O)CC(C)O1. The minimum Gasteiger partial charge on any atom is -0.478 e. The van der Waals surface area contributed by atoms with Crippen LogP contribution in [-0.4, -0.2) is 41.3 Å². The molecule has 1 fully saturated rings. The van der Waals surface area contributed by atoms with E-state index in [0.717, 1.165) is 13.1 Å². The van der Waals surface area contributed by atoms with Crippen LogP contribution in [-0.2, 0) is 11.3 Å². The zero-order valence-electron chi connectivity index (χ0n) is 10.0. The quantitative estimate of drug-likeness (QED) is 0.867. The van der Waals surface area contributed by atoms with Gasteiger partial charge in [0, 0.05) is 13.1 Å². The van der Waals surface area contributed by atoms with E-state index in [0.29, 0.717) is 12.3 Å². The van der Waals surface area contributed by atoms with E-state index in [4.69, 9.17) is 14.3 Å². The molecular weight excluding hydrogens is 222 g/mol. The van der Waals surface area contributed by atoms with Gasteiger partial charge in [-0.05, 0) is 19.9 Å². The molecule has 17 heavy (non-hydrogen) atoms. The van der Waals surface area contributed by atoms with Gasteiger partial charge in [-0.3, -0.25) is 4.90 Å². The lowest BCUT2D eigenvalue weighted by molar-refractivity contribution is -0.0718. The first-order chi connectivity index (χ1) is 8.06. The lowest BCUT2D eigenvalue weighted by atomic mass is 10.2. The van der Waals surface area contributed by atoms with Crippen LogP contribution in [0.5, 0.6) is 0 Å². The van der Waals surface area contributed by atoms with Crippen molar-refractivity contribution in [1.29, 1.82) is 0 Å². The van der Waals surface area contributed by atoms with Crippen LogP contribution in [0.15, 0.2) is 16.7 Å². The molecule has 2 atom stereocenters. The fraction of sp³-hybridized carbons (Fsp3) is 0.583. The van der Waals surface area contributed by atoms with Crippen LogP contribution in [0.4, 0.5) is 0 Å². The Kier molecular flexibility index (Phi) is 3.49. The Morgan fingerprint density at radius 3 is 2.71 bits per heavy atom. The normalized spacial score (nSPS) is 26.0. The number of morpholine rings is 1. The second-order valence-corrected chi connectivity index (χ2v) is 4.51. The number of ether oxygens (including phenoxy) is 1. The van der Waals surface area contributed by atoms with Gasteiger partial charge in [-0.1, -0.05) is 0 Å². The first-order valence-electron chi connectivity index (χ1n) is 5.73. The largest absolute Gasteiger partial charge is 0.478 e. The Balaban J connectivity index is 2.05. The van der Waals surface area contributed by atoms with Crippen molar-refractivity contribution < 1.29 is 19.1 Å².